The molecule has 3 heteroatoms. The lowest BCUT2D eigenvalue weighted by atomic mass is 9.46. The highest BCUT2D eigenvalue weighted by Gasteiger charge is 2.62. The molecule has 0 saturated heterocycles. The zero-order chi connectivity index (χ0) is 17.3. The van der Waals surface area contributed by atoms with E-state index < -0.39 is 0 Å². The molecule has 0 amide bonds. The number of carbonyl (C=O) groups is 3. The van der Waals surface area contributed by atoms with Crippen molar-refractivity contribution in [3.05, 3.63) is 11.6 Å². The second-order valence-electron chi connectivity index (χ2n) is 9.23. The molecule has 4 aliphatic carbocycles. The predicted molar refractivity (Wildman–Crippen MR) is 91.3 cm³/mol. The molecule has 0 heterocycles. The Kier molecular flexibility index (Phi) is 3.47. The summed E-state index contributed by atoms with van der Waals surface area (Å²) in [7, 11) is 0. The van der Waals surface area contributed by atoms with E-state index >= 15 is 0 Å². The first-order chi connectivity index (χ1) is 11.3. The standard InChI is InChI=1S/C21H28O3/c1-12(22)16-6-7-17-15-5-4-13-10-14(23)8-9-20(13,2)19(15)18(24)11-21(16,17)3/h10,15-17,19H,4-9,11H2,1-3H3/t15-,16-,17+,19+,20-,21-/m1/s1. The molecule has 0 bridgehead atoms. The third kappa shape index (κ3) is 1.99. The van der Waals surface area contributed by atoms with Gasteiger partial charge in [-0.1, -0.05) is 19.4 Å². The molecule has 3 nitrogen and oxygen atoms in total. The van der Waals surface area contributed by atoms with Crippen molar-refractivity contribution in [1.29, 1.82) is 0 Å². The van der Waals surface area contributed by atoms with Crippen molar-refractivity contribution in [1.82, 2.24) is 0 Å². The molecule has 3 fully saturated rings. The Labute approximate surface area is 144 Å². The molecule has 0 aromatic carbocycles. The van der Waals surface area contributed by atoms with Crippen molar-refractivity contribution in [3.8, 4) is 0 Å². The zero-order valence-corrected chi connectivity index (χ0v) is 15.1. The largest absolute Gasteiger partial charge is 0.300 e. The Bertz CT molecular complexity index is 660. The minimum Gasteiger partial charge on any atom is -0.300 e. The number of carbonyl (C=O) groups excluding carboxylic acids is 3. The van der Waals surface area contributed by atoms with Crippen LogP contribution in [-0.2, 0) is 14.4 Å². The lowest BCUT2D eigenvalue weighted by molar-refractivity contribution is -0.148. The van der Waals surface area contributed by atoms with Crippen LogP contribution in [-0.4, -0.2) is 17.3 Å². The van der Waals surface area contributed by atoms with Crippen LogP contribution in [0, 0.1) is 34.5 Å². The van der Waals surface area contributed by atoms with Gasteiger partial charge in [-0.3, -0.25) is 14.4 Å². The van der Waals surface area contributed by atoms with E-state index in [1.807, 2.05) is 6.08 Å². The fraction of sp³-hybridized carbons (Fsp3) is 0.762. The molecule has 0 aromatic rings. The summed E-state index contributed by atoms with van der Waals surface area (Å²) in [6.45, 7) is 6.12. The predicted octanol–water partition coefficient (Wildman–Crippen LogP) is 3.90. The molecule has 4 rings (SSSR count). The highest BCUT2D eigenvalue weighted by atomic mass is 16.1. The second-order valence-corrected chi connectivity index (χ2v) is 9.23. The maximum Gasteiger partial charge on any atom is 0.155 e. The maximum absolute atomic E-state index is 13.3. The number of hydrogen-bond acceptors (Lipinski definition) is 3. The van der Waals surface area contributed by atoms with Crippen molar-refractivity contribution in [2.45, 2.75) is 65.7 Å². The van der Waals surface area contributed by atoms with Gasteiger partial charge in [0.1, 0.15) is 11.6 Å². The van der Waals surface area contributed by atoms with Crippen LogP contribution in [0.5, 0.6) is 0 Å². The molecule has 0 N–H and O–H groups in total. The lowest BCUT2D eigenvalue weighted by Crippen LogP contribution is -2.55. The number of fused-ring (bicyclic) bond motifs is 5. The van der Waals surface area contributed by atoms with Crippen molar-refractivity contribution in [3.63, 3.8) is 0 Å². The molecular weight excluding hydrogens is 300 g/mol. The molecule has 4 aliphatic rings. The summed E-state index contributed by atoms with van der Waals surface area (Å²) in [6.07, 6.45) is 7.80. The van der Waals surface area contributed by atoms with Crippen LogP contribution in [0.15, 0.2) is 11.6 Å². The third-order valence-corrected chi connectivity index (χ3v) is 8.14. The maximum atomic E-state index is 13.3. The average Bonchev–Trinajstić information content (AvgIpc) is 2.84. The molecule has 3 saturated carbocycles. The lowest BCUT2D eigenvalue weighted by Gasteiger charge is -2.56. The van der Waals surface area contributed by atoms with E-state index in [4.69, 9.17) is 0 Å². The first kappa shape index (κ1) is 16.2. The summed E-state index contributed by atoms with van der Waals surface area (Å²) in [6, 6.07) is 0. The summed E-state index contributed by atoms with van der Waals surface area (Å²) in [5.74, 6) is 1.86. The molecule has 0 spiro atoms. The van der Waals surface area contributed by atoms with Crippen LogP contribution in [0.1, 0.15) is 65.7 Å². The van der Waals surface area contributed by atoms with E-state index in [0.717, 1.165) is 32.1 Å². The summed E-state index contributed by atoms with van der Waals surface area (Å²) in [4.78, 5) is 37.3. The smallest absolute Gasteiger partial charge is 0.155 e. The SMILES string of the molecule is CC(=O)[C@H]1CC[C@H]2[C@H]3CCC4=CC(=O)CC[C@@]4(C)[C@@H]3C(=O)C[C@]12C. The number of Topliss-reactive ketones (excluding diaryl/α,β-unsaturated/α-hetero) is 2. The van der Waals surface area contributed by atoms with Crippen LogP contribution in [0.3, 0.4) is 0 Å². The fourth-order valence-corrected chi connectivity index (χ4v) is 7.05. The van der Waals surface area contributed by atoms with E-state index in [9.17, 15) is 14.4 Å². The van der Waals surface area contributed by atoms with E-state index in [0.29, 0.717) is 30.5 Å². The molecule has 0 aliphatic heterocycles. The fourth-order valence-electron chi connectivity index (χ4n) is 7.05. The summed E-state index contributed by atoms with van der Waals surface area (Å²) in [5.41, 5.74) is 0.966. The average molecular weight is 328 g/mol. The normalized spacial score (nSPS) is 47.5. The molecule has 0 unspecified atom stereocenters. The zero-order valence-electron chi connectivity index (χ0n) is 15.1. The van der Waals surface area contributed by atoms with Gasteiger partial charge in [-0.05, 0) is 67.8 Å². The number of rotatable bonds is 1. The summed E-state index contributed by atoms with van der Waals surface area (Å²) < 4.78 is 0. The van der Waals surface area contributed by atoms with Gasteiger partial charge in [0.05, 0.1) is 0 Å². The van der Waals surface area contributed by atoms with Crippen LogP contribution in [0.25, 0.3) is 0 Å². The first-order valence-corrected chi connectivity index (χ1v) is 9.54. The van der Waals surface area contributed by atoms with Gasteiger partial charge in [-0.25, -0.2) is 0 Å². The molecule has 0 aromatic heterocycles. The number of allylic oxidation sites excluding steroid dienone is 1. The Balaban J connectivity index is 1.74. The van der Waals surface area contributed by atoms with Crippen molar-refractivity contribution in [2.75, 3.05) is 0 Å². The number of ketones is 3. The van der Waals surface area contributed by atoms with Crippen molar-refractivity contribution >= 4 is 17.3 Å². The van der Waals surface area contributed by atoms with Gasteiger partial charge in [0, 0.05) is 24.7 Å². The van der Waals surface area contributed by atoms with Crippen LogP contribution in [0.2, 0.25) is 0 Å². The van der Waals surface area contributed by atoms with E-state index in [1.54, 1.807) is 6.92 Å². The number of hydrogen-bond donors (Lipinski definition) is 0. The van der Waals surface area contributed by atoms with Crippen LogP contribution < -0.4 is 0 Å². The van der Waals surface area contributed by atoms with Gasteiger partial charge in [-0.2, -0.15) is 0 Å². The van der Waals surface area contributed by atoms with E-state index in [1.165, 1.54) is 5.57 Å². The van der Waals surface area contributed by atoms with Gasteiger partial charge in [0.15, 0.2) is 5.78 Å². The van der Waals surface area contributed by atoms with Gasteiger partial charge in [0.2, 0.25) is 0 Å². The Hall–Kier alpha value is -1.25. The first-order valence-electron chi connectivity index (χ1n) is 9.54. The van der Waals surface area contributed by atoms with Gasteiger partial charge >= 0.3 is 0 Å². The Morgan fingerprint density at radius 2 is 1.88 bits per heavy atom. The molecule has 6 atom stereocenters. The second kappa shape index (κ2) is 5.12. The third-order valence-electron chi connectivity index (χ3n) is 8.14. The summed E-state index contributed by atoms with van der Waals surface area (Å²) in [5, 5.41) is 0. The minimum atomic E-state index is -0.133. The molecule has 24 heavy (non-hydrogen) atoms. The summed E-state index contributed by atoms with van der Waals surface area (Å²) >= 11 is 0. The van der Waals surface area contributed by atoms with Crippen LogP contribution >= 0.6 is 0 Å². The van der Waals surface area contributed by atoms with Crippen LogP contribution in [0.4, 0.5) is 0 Å². The van der Waals surface area contributed by atoms with Gasteiger partial charge in [0.25, 0.3) is 0 Å². The highest BCUT2D eigenvalue weighted by Crippen LogP contribution is 2.65. The quantitative estimate of drug-likeness (QED) is 0.733. The van der Waals surface area contributed by atoms with Gasteiger partial charge < -0.3 is 0 Å². The monoisotopic (exact) mass is 328 g/mol. The van der Waals surface area contributed by atoms with E-state index in [2.05, 4.69) is 13.8 Å². The topological polar surface area (TPSA) is 51.2 Å². The highest BCUT2D eigenvalue weighted by molar-refractivity contribution is 5.93. The molecule has 130 valence electrons. The Morgan fingerprint density at radius 3 is 2.58 bits per heavy atom. The van der Waals surface area contributed by atoms with Crippen molar-refractivity contribution in [2.24, 2.45) is 34.5 Å². The van der Waals surface area contributed by atoms with Gasteiger partial charge in [-0.15, -0.1) is 0 Å². The molecular formula is C21H28O3. The van der Waals surface area contributed by atoms with Crippen molar-refractivity contribution < 1.29 is 14.4 Å². The van der Waals surface area contributed by atoms with E-state index in [-0.39, 0.29) is 34.2 Å². The minimum absolute atomic E-state index is 0.0603. The molecule has 0 radical (unpaired) electrons. The Morgan fingerprint density at radius 1 is 1.12 bits per heavy atom.